The minimum Gasteiger partial charge on any atom is -0.347 e. The number of fused-ring (bicyclic) bond motifs is 1. The van der Waals surface area contributed by atoms with Crippen LogP contribution < -0.4 is 21.3 Å². The highest BCUT2D eigenvalue weighted by atomic mass is 16.2. The number of Topliss-reactive ketones (excluding diaryl/α,β-unsaturated/α-hetero) is 1. The largest absolute Gasteiger partial charge is 0.347 e. The topological polar surface area (TPSA) is 133 Å². The maximum atomic E-state index is 12.2. The minimum atomic E-state index is -0.955. The van der Waals surface area contributed by atoms with Gasteiger partial charge in [0.1, 0.15) is 6.04 Å². The predicted molar refractivity (Wildman–Crippen MR) is 120 cm³/mol. The molecule has 0 unspecified atom stereocenters. The number of nitrogens with one attached hydrogen (secondary N) is 4. The highest BCUT2D eigenvalue weighted by molar-refractivity contribution is 6.37. The van der Waals surface area contributed by atoms with Crippen molar-refractivity contribution in [3.05, 3.63) is 71.3 Å². The van der Waals surface area contributed by atoms with Gasteiger partial charge in [0, 0.05) is 5.56 Å². The number of carbonyl (C=O) groups is 5. The lowest BCUT2D eigenvalue weighted by atomic mass is 10.1. The van der Waals surface area contributed by atoms with Gasteiger partial charge in [0.2, 0.25) is 17.6 Å². The number of carbonyl (C=O) groups excluding carboxylic acids is 5. The van der Waals surface area contributed by atoms with Gasteiger partial charge in [-0.15, -0.1) is 0 Å². The Hall–Kier alpha value is -4.01. The Morgan fingerprint density at radius 1 is 0.909 bits per heavy atom. The minimum absolute atomic E-state index is 0.224. The molecule has 0 fully saturated rings. The summed E-state index contributed by atoms with van der Waals surface area (Å²) >= 11 is 0. The van der Waals surface area contributed by atoms with Crippen LogP contribution in [-0.2, 0) is 25.6 Å². The summed E-state index contributed by atoms with van der Waals surface area (Å²) in [6.45, 7) is 0.645. The molecule has 0 aromatic heterocycles. The number of rotatable bonds is 9. The maximum Gasteiger partial charge on any atom is 0.289 e. The van der Waals surface area contributed by atoms with E-state index in [0.29, 0.717) is 12.0 Å². The van der Waals surface area contributed by atoms with Crippen molar-refractivity contribution in [3.8, 4) is 0 Å². The van der Waals surface area contributed by atoms with Crippen LogP contribution in [0.5, 0.6) is 0 Å². The van der Waals surface area contributed by atoms with Crippen molar-refractivity contribution in [2.24, 2.45) is 0 Å². The number of hydrogen-bond donors (Lipinski definition) is 4. The molecule has 0 aliphatic heterocycles. The molecule has 33 heavy (non-hydrogen) atoms. The van der Waals surface area contributed by atoms with E-state index >= 15 is 0 Å². The first-order valence-electron chi connectivity index (χ1n) is 10.7. The molecule has 0 spiro atoms. The molecule has 4 N–H and O–H groups in total. The van der Waals surface area contributed by atoms with Crippen molar-refractivity contribution in [3.63, 3.8) is 0 Å². The van der Waals surface area contributed by atoms with E-state index < -0.39 is 42.0 Å². The zero-order chi connectivity index (χ0) is 23.8. The van der Waals surface area contributed by atoms with E-state index in [1.165, 1.54) is 6.92 Å². The smallest absolute Gasteiger partial charge is 0.289 e. The summed E-state index contributed by atoms with van der Waals surface area (Å²) in [4.78, 5) is 60.5. The van der Waals surface area contributed by atoms with Gasteiger partial charge < -0.3 is 21.3 Å². The molecule has 2 atom stereocenters. The molecule has 1 aliphatic carbocycles. The van der Waals surface area contributed by atoms with Gasteiger partial charge in [0.25, 0.3) is 11.8 Å². The molecule has 9 heteroatoms. The van der Waals surface area contributed by atoms with Gasteiger partial charge in [0.15, 0.2) is 0 Å². The average molecular weight is 450 g/mol. The normalized spacial score (nSPS) is 15.0. The van der Waals surface area contributed by atoms with E-state index in [4.69, 9.17) is 0 Å². The Bertz CT molecular complexity index is 1050. The molecule has 4 amide bonds. The lowest BCUT2D eigenvalue weighted by molar-refractivity contribution is -0.138. The van der Waals surface area contributed by atoms with E-state index in [-0.39, 0.29) is 12.6 Å². The molecule has 2 aromatic carbocycles. The van der Waals surface area contributed by atoms with Crippen LogP contribution in [0, 0.1) is 0 Å². The van der Waals surface area contributed by atoms with E-state index in [1.807, 2.05) is 24.3 Å². The van der Waals surface area contributed by atoms with Gasteiger partial charge in [-0.05, 0) is 43.0 Å². The Morgan fingerprint density at radius 3 is 2.36 bits per heavy atom. The van der Waals surface area contributed by atoms with Gasteiger partial charge in [0.05, 0.1) is 19.1 Å². The van der Waals surface area contributed by atoms with Crippen LogP contribution in [0.15, 0.2) is 54.6 Å². The second kappa shape index (κ2) is 11.0. The quantitative estimate of drug-likeness (QED) is 0.411. The summed E-state index contributed by atoms with van der Waals surface area (Å²) in [5.41, 5.74) is 2.56. The first kappa shape index (κ1) is 23.6. The second-order valence-electron chi connectivity index (χ2n) is 7.74. The van der Waals surface area contributed by atoms with E-state index in [9.17, 15) is 24.0 Å². The first-order valence-corrected chi connectivity index (χ1v) is 10.7. The first-order chi connectivity index (χ1) is 15.8. The summed E-state index contributed by atoms with van der Waals surface area (Å²) in [6.07, 6.45) is 1.55. The molecule has 0 radical (unpaired) electrons. The van der Waals surface area contributed by atoms with Crippen molar-refractivity contribution < 1.29 is 24.0 Å². The molecule has 2 aromatic rings. The van der Waals surface area contributed by atoms with Crippen molar-refractivity contribution in [1.82, 2.24) is 21.3 Å². The van der Waals surface area contributed by atoms with Crippen LogP contribution in [-0.4, -0.2) is 48.5 Å². The molecular weight excluding hydrogens is 424 g/mol. The van der Waals surface area contributed by atoms with Crippen LogP contribution in [0.25, 0.3) is 0 Å². The van der Waals surface area contributed by atoms with Crippen molar-refractivity contribution in [1.29, 1.82) is 0 Å². The lowest BCUT2D eigenvalue weighted by Crippen LogP contribution is -2.49. The monoisotopic (exact) mass is 450 g/mol. The van der Waals surface area contributed by atoms with E-state index in [0.717, 1.165) is 17.5 Å². The molecule has 0 saturated heterocycles. The highest BCUT2D eigenvalue weighted by Gasteiger charge is 2.26. The predicted octanol–water partition coefficient (Wildman–Crippen LogP) is 0.410. The van der Waals surface area contributed by atoms with E-state index in [2.05, 4.69) is 21.3 Å². The van der Waals surface area contributed by atoms with Crippen LogP contribution >= 0.6 is 0 Å². The molecular formula is C24H26N4O5. The third-order valence-corrected chi connectivity index (χ3v) is 5.33. The maximum absolute atomic E-state index is 12.2. The number of ketones is 1. The second-order valence-corrected chi connectivity index (χ2v) is 7.74. The number of hydrogen-bond acceptors (Lipinski definition) is 5. The van der Waals surface area contributed by atoms with E-state index in [1.54, 1.807) is 30.3 Å². The molecule has 0 bridgehead atoms. The lowest BCUT2D eigenvalue weighted by Gasteiger charge is -2.15. The summed E-state index contributed by atoms with van der Waals surface area (Å²) in [7, 11) is 0. The molecule has 172 valence electrons. The SMILES string of the molecule is C[C@H](NC(=O)CNC(=O)c1ccccc1)C(=O)NCC(=O)C(=O)N[C@@H]1CCc2ccccc21. The van der Waals surface area contributed by atoms with Crippen molar-refractivity contribution >= 4 is 29.4 Å². The molecule has 3 rings (SSSR count). The number of benzene rings is 2. The van der Waals surface area contributed by atoms with Crippen LogP contribution in [0.4, 0.5) is 0 Å². The van der Waals surface area contributed by atoms with Crippen LogP contribution in [0.1, 0.15) is 40.9 Å². The molecule has 0 saturated carbocycles. The van der Waals surface area contributed by atoms with Crippen LogP contribution in [0.2, 0.25) is 0 Å². The molecule has 1 aliphatic rings. The Labute approximate surface area is 191 Å². The molecule has 9 nitrogen and oxygen atoms in total. The summed E-state index contributed by atoms with van der Waals surface area (Å²) in [6, 6.07) is 15.0. The fourth-order valence-corrected chi connectivity index (χ4v) is 3.56. The fraction of sp³-hybridized carbons (Fsp3) is 0.292. The zero-order valence-electron chi connectivity index (χ0n) is 18.2. The average Bonchev–Trinajstić information content (AvgIpc) is 3.23. The Morgan fingerprint density at radius 2 is 1.61 bits per heavy atom. The van der Waals surface area contributed by atoms with Gasteiger partial charge in [-0.3, -0.25) is 24.0 Å². The van der Waals surface area contributed by atoms with Gasteiger partial charge in [-0.25, -0.2) is 0 Å². The highest BCUT2D eigenvalue weighted by Crippen LogP contribution is 2.30. The van der Waals surface area contributed by atoms with Crippen LogP contribution in [0.3, 0.4) is 0 Å². The Kier molecular flexibility index (Phi) is 7.91. The standard InChI is InChI=1S/C24H26N4O5/c1-15(27-21(30)14-26-23(32)17-8-3-2-4-9-17)22(31)25-13-20(29)24(33)28-19-12-11-16-7-5-6-10-18(16)19/h2-10,15,19H,11-14H2,1H3,(H,25,31)(H,26,32)(H,27,30)(H,28,33)/t15-,19+/m0/s1. The fourth-order valence-electron chi connectivity index (χ4n) is 3.56. The number of amides is 4. The molecule has 0 heterocycles. The summed E-state index contributed by atoms with van der Waals surface area (Å²) in [5.74, 6) is -3.14. The third-order valence-electron chi connectivity index (χ3n) is 5.33. The Balaban J connectivity index is 1.37. The van der Waals surface area contributed by atoms with Gasteiger partial charge in [-0.2, -0.15) is 0 Å². The summed E-state index contributed by atoms with van der Waals surface area (Å²) in [5, 5.41) is 9.95. The van der Waals surface area contributed by atoms with Gasteiger partial charge >= 0.3 is 0 Å². The van der Waals surface area contributed by atoms with Crippen molar-refractivity contribution in [2.45, 2.75) is 31.8 Å². The summed E-state index contributed by atoms with van der Waals surface area (Å²) < 4.78 is 0. The third kappa shape index (κ3) is 6.49. The van der Waals surface area contributed by atoms with Crippen molar-refractivity contribution in [2.75, 3.05) is 13.1 Å². The van der Waals surface area contributed by atoms with Gasteiger partial charge in [-0.1, -0.05) is 42.5 Å². The zero-order valence-corrected chi connectivity index (χ0v) is 18.2. The number of aryl methyl sites for hydroxylation is 1.